The first-order valence-electron chi connectivity index (χ1n) is 5.93. The van der Waals surface area contributed by atoms with Crippen LogP contribution in [-0.2, 0) is 0 Å². The van der Waals surface area contributed by atoms with Gasteiger partial charge in [0.1, 0.15) is 0 Å². The monoisotopic (exact) mass is 206 g/mol. The lowest BCUT2D eigenvalue weighted by atomic mass is 9.86. The molecule has 0 aliphatic carbocycles. The smallest absolute Gasteiger partial charge is 0.0436 e. The highest BCUT2D eigenvalue weighted by Gasteiger charge is 2.13. The summed E-state index contributed by atoms with van der Waals surface area (Å²) >= 11 is 0. The zero-order valence-corrected chi connectivity index (χ0v) is 9.82. The minimum atomic E-state index is 0.288. The first kappa shape index (κ1) is 12.3. The summed E-state index contributed by atoms with van der Waals surface area (Å²) in [6.07, 6.45) is 3.28. The van der Waals surface area contributed by atoms with Gasteiger partial charge in [-0.25, -0.2) is 0 Å². The van der Waals surface area contributed by atoms with E-state index in [4.69, 9.17) is 5.11 Å². The van der Waals surface area contributed by atoms with Gasteiger partial charge < -0.3 is 5.11 Å². The van der Waals surface area contributed by atoms with E-state index in [-0.39, 0.29) is 6.61 Å². The average Bonchev–Trinajstić information content (AvgIpc) is 2.29. The number of hydrogen-bond acceptors (Lipinski definition) is 1. The van der Waals surface area contributed by atoms with Gasteiger partial charge in [0.15, 0.2) is 0 Å². The molecule has 1 heteroatoms. The third kappa shape index (κ3) is 4.05. The molecule has 0 spiro atoms. The summed E-state index contributed by atoms with van der Waals surface area (Å²) in [5.41, 5.74) is 1.37. The molecule has 1 aromatic carbocycles. The Kier molecular flexibility index (Phi) is 5.41. The number of benzene rings is 1. The topological polar surface area (TPSA) is 20.2 Å². The van der Waals surface area contributed by atoms with Gasteiger partial charge in [-0.2, -0.15) is 0 Å². The van der Waals surface area contributed by atoms with Crippen LogP contribution in [0.4, 0.5) is 0 Å². The average molecular weight is 206 g/mol. The Morgan fingerprint density at radius 1 is 1.20 bits per heavy atom. The van der Waals surface area contributed by atoms with Crippen LogP contribution in [0, 0.1) is 5.92 Å². The van der Waals surface area contributed by atoms with Crippen molar-refractivity contribution < 1.29 is 5.11 Å². The van der Waals surface area contributed by atoms with Crippen molar-refractivity contribution in [3.63, 3.8) is 0 Å². The van der Waals surface area contributed by atoms with Gasteiger partial charge in [0.05, 0.1) is 0 Å². The summed E-state index contributed by atoms with van der Waals surface area (Å²) in [6, 6.07) is 10.5. The van der Waals surface area contributed by atoms with Crippen LogP contribution in [0.25, 0.3) is 0 Å². The molecule has 2 atom stereocenters. The molecule has 1 rings (SSSR count). The number of aliphatic hydroxyl groups is 1. The van der Waals surface area contributed by atoms with E-state index in [2.05, 4.69) is 38.1 Å². The van der Waals surface area contributed by atoms with Crippen molar-refractivity contribution in [1.29, 1.82) is 0 Å². The molecule has 0 aromatic heterocycles. The maximum Gasteiger partial charge on any atom is 0.0436 e. The van der Waals surface area contributed by atoms with E-state index < -0.39 is 0 Å². The second kappa shape index (κ2) is 6.62. The fraction of sp³-hybridized carbons (Fsp3) is 0.571. The Hall–Kier alpha value is -0.820. The highest BCUT2D eigenvalue weighted by Crippen LogP contribution is 2.27. The van der Waals surface area contributed by atoms with Gasteiger partial charge in [-0.15, -0.1) is 0 Å². The van der Waals surface area contributed by atoms with E-state index in [1.54, 1.807) is 0 Å². The van der Waals surface area contributed by atoms with Crippen molar-refractivity contribution >= 4 is 0 Å². The molecule has 0 radical (unpaired) electrons. The molecule has 2 unspecified atom stereocenters. The fourth-order valence-electron chi connectivity index (χ4n) is 1.95. The Morgan fingerprint density at radius 2 is 1.87 bits per heavy atom. The summed E-state index contributed by atoms with van der Waals surface area (Å²) in [6.45, 7) is 4.80. The number of rotatable bonds is 6. The van der Waals surface area contributed by atoms with Crippen molar-refractivity contribution in [3.05, 3.63) is 35.9 Å². The first-order valence-corrected chi connectivity index (χ1v) is 5.93. The van der Waals surface area contributed by atoms with Crippen molar-refractivity contribution in [2.45, 2.75) is 39.0 Å². The molecule has 1 N–H and O–H groups in total. The van der Waals surface area contributed by atoms with E-state index >= 15 is 0 Å². The van der Waals surface area contributed by atoms with Crippen molar-refractivity contribution in [2.75, 3.05) is 6.61 Å². The Bertz CT molecular complexity index is 255. The summed E-state index contributed by atoms with van der Waals surface area (Å²) in [7, 11) is 0. The summed E-state index contributed by atoms with van der Waals surface area (Å²) in [5, 5.41) is 9.08. The van der Waals surface area contributed by atoms with Gasteiger partial charge in [0.25, 0.3) is 0 Å². The lowest BCUT2D eigenvalue weighted by Crippen LogP contribution is -2.06. The molecule has 0 aliphatic rings. The Morgan fingerprint density at radius 3 is 2.40 bits per heavy atom. The first-order chi connectivity index (χ1) is 7.27. The van der Waals surface area contributed by atoms with Gasteiger partial charge in [0, 0.05) is 6.61 Å². The largest absolute Gasteiger partial charge is 0.396 e. The van der Waals surface area contributed by atoms with E-state index in [0.29, 0.717) is 5.92 Å². The van der Waals surface area contributed by atoms with Crippen LogP contribution < -0.4 is 0 Å². The van der Waals surface area contributed by atoms with Crippen LogP contribution in [-0.4, -0.2) is 11.7 Å². The highest BCUT2D eigenvalue weighted by molar-refractivity contribution is 5.19. The zero-order valence-electron chi connectivity index (χ0n) is 9.82. The minimum Gasteiger partial charge on any atom is -0.396 e. The Labute approximate surface area is 93.1 Å². The fourth-order valence-corrected chi connectivity index (χ4v) is 1.95. The summed E-state index contributed by atoms with van der Waals surface area (Å²) in [5.74, 6) is 1.26. The molecular weight excluding hydrogens is 184 g/mol. The van der Waals surface area contributed by atoms with Crippen LogP contribution in [0.3, 0.4) is 0 Å². The molecule has 15 heavy (non-hydrogen) atoms. The molecule has 0 aliphatic heterocycles. The maximum absolute atomic E-state index is 9.08. The predicted molar refractivity (Wildman–Crippen MR) is 65.0 cm³/mol. The molecule has 0 saturated heterocycles. The maximum atomic E-state index is 9.08. The molecular formula is C14H22O. The predicted octanol–water partition coefficient (Wildman–Crippen LogP) is 3.59. The van der Waals surface area contributed by atoms with Crippen LogP contribution in [0.2, 0.25) is 0 Å². The van der Waals surface area contributed by atoms with Crippen LogP contribution in [0.1, 0.15) is 44.6 Å². The molecule has 1 aromatic rings. The molecule has 84 valence electrons. The molecule has 0 amide bonds. The molecule has 0 fully saturated rings. The molecule has 1 nitrogen and oxygen atoms in total. The van der Waals surface area contributed by atoms with Gasteiger partial charge in [-0.1, -0.05) is 50.6 Å². The molecule has 0 saturated carbocycles. The van der Waals surface area contributed by atoms with Gasteiger partial charge >= 0.3 is 0 Å². The van der Waals surface area contributed by atoms with Crippen molar-refractivity contribution in [2.24, 2.45) is 5.92 Å². The van der Waals surface area contributed by atoms with E-state index in [9.17, 15) is 0 Å². The molecule has 0 bridgehead atoms. The molecule has 0 heterocycles. The third-order valence-corrected chi connectivity index (χ3v) is 3.13. The van der Waals surface area contributed by atoms with E-state index in [1.165, 1.54) is 18.4 Å². The van der Waals surface area contributed by atoms with Gasteiger partial charge in [-0.05, 0) is 30.2 Å². The van der Waals surface area contributed by atoms with E-state index in [1.807, 2.05) is 6.07 Å². The van der Waals surface area contributed by atoms with E-state index in [0.717, 1.165) is 12.3 Å². The number of aliphatic hydroxyl groups excluding tert-OH is 1. The van der Waals surface area contributed by atoms with Crippen LogP contribution >= 0.6 is 0 Å². The Balaban J connectivity index is 2.65. The standard InChI is InChI=1S/C14H22O/c1-3-12(2)11-14(9-10-15)13-7-5-4-6-8-13/h4-8,12,14-15H,3,9-11H2,1-2H3. The van der Waals surface area contributed by atoms with Crippen molar-refractivity contribution in [3.8, 4) is 0 Å². The highest BCUT2D eigenvalue weighted by atomic mass is 16.3. The second-order valence-electron chi connectivity index (χ2n) is 4.37. The number of hydrogen-bond donors (Lipinski definition) is 1. The third-order valence-electron chi connectivity index (χ3n) is 3.13. The van der Waals surface area contributed by atoms with Crippen LogP contribution in [0.15, 0.2) is 30.3 Å². The van der Waals surface area contributed by atoms with Gasteiger partial charge in [0.2, 0.25) is 0 Å². The van der Waals surface area contributed by atoms with Crippen LogP contribution in [0.5, 0.6) is 0 Å². The normalized spacial score (nSPS) is 14.9. The van der Waals surface area contributed by atoms with Crippen molar-refractivity contribution in [1.82, 2.24) is 0 Å². The van der Waals surface area contributed by atoms with Gasteiger partial charge in [-0.3, -0.25) is 0 Å². The zero-order chi connectivity index (χ0) is 11.1. The summed E-state index contributed by atoms with van der Waals surface area (Å²) < 4.78 is 0. The summed E-state index contributed by atoms with van der Waals surface area (Å²) in [4.78, 5) is 0. The lowest BCUT2D eigenvalue weighted by molar-refractivity contribution is 0.265. The second-order valence-corrected chi connectivity index (χ2v) is 4.37. The minimum absolute atomic E-state index is 0.288. The lowest BCUT2D eigenvalue weighted by Gasteiger charge is -2.19. The quantitative estimate of drug-likeness (QED) is 0.754. The SMILES string of the molecule is CCC(C)CC(CCO)c1ccccc1.